The highest BCUT2D eigenvalue weighted by Gasteiger charge is 2.17. The van der Waals surface area contributed by atoms with Crippen LogP contribution >= 0.6 is 24.2 Å². The van der Waals surface area contributed by atoms with Gasteiger partial charge in [0.25, 0.3) is 0 Å². The van der Waals surface area contributed by atoms with E-state index < -0.39 is 0 Å². The van der Waals surface area contributed by atoms with Crippen molar-refractivity contribution in [1.29, 1.82) is 0 Å². The number of hydrogen-bond acceptors (Lipinski definition) is 3. The first kappa shape index (κ1) is 18.6. The summed E-state index contributed by atoms with van der Waals surface area (Å²) in [6.45, 7) is 2.17. The van der Waals surface area contributed by atoms with Gasteiger partial charge in [-0.1, -0.05) is 12.8 Å². The summed E-state index contributed by atoms with van der Waals surface area (Å²) in [7, 11) is 0. The van der Waals surface area contributed by atoms with E-state index in [0.717, 1.165) is 30.4 Å². The molecule has 2 N–H and O–H groups in total. The molecule has 1 atom stereocenters. The fourth-order valence-electron chi connectivity index (χ4n) is 3.34. The standard InChI is InChI=1S/C18H26N2OS.ClH/c21-18(10-5-14-11-12-19-13-14)20-15-6-8-17(9-7-15)22-16-3-1-2-4-16;/h6-9,14,16,19H,1-5,10-13H2,(H,20,21);1H. The second-order valence-corrected chi connectivity index (χ2v) is 7.87. The Kier molecular flexibility index (Phi) is 7.74. The Labute approximate surface area is 149 Å². The summed E-state index contributed by atoms with van der Waals surface area (Å²) >= 11 is 1.99. The van der Waals surface area contributed by atoms with Crippen molar-refractivity contribution in [2.45, 2.75) is 55.1 Å². The van der Waals surface area contributed by atoms with E-state index in [2.05, 4.69) is 22.8 Å². The highest BCUT2D eigenvalue weighted by atomic mass is 35.5. The van der Waals surface area contributed by atoms with E-state index in [-0.39, 0.29) is 18.3 Å². The van der Waals surface area contributed by atoms with Crippen molar-refractivity contribution in [3.05, 3.63) is 24.3 Å². The van der Waals surface area contributed by atoms with Gasteiger partial charge >= 0.3 is 0 Å². The second kappa shape index (κ2) is 9.55. The molecule has 1 unspecified atom stereocenters. The quantitative estimate of drug-likeness (QED) is 0.791. The number of amides is 1. The number of hydrogen-bond donors (Lipinski definition) is 2. The van der Waals surface area contributed by atoms with E-state index >= 15 is 0 Å². The number of anilines is 1. The molecule has 1 heterocycles. The lowest BCUT2D eigenvalue weighted by molar-refractivity contribution is -0.116. The maximum atomic E-state index is 12.0. The Morgan fingerprint density at radius 3 is 2.57 bits per heavy atom. The van der Waals surface area contributed by atoms with Crippen molar-refractivity contribution >= 4 is 35.8 Å². The Balaban J connectivity index is 0.00000192. The SMILES string of the molecule is Cl.O=C(CCC1CCNC1)Nc1ccc(SC2CCCC2)cc1. The van der Waals surface area contributed by atoms with Gasteiger partial charge in [0.2, 0.25) is 5.91 Å². The minimum absolute atomic E-state index is 0. The summed E-state index contributed by atoms with van der Waals surface area (Å²) in [6, 6.07) is 8.34. The van der Waals surface area contributed by atoms with Gasteiger partial charge in [-0.05, 0) is 69.0 Å². The molecule has 3 rings (SSSR count). The van der Waals surface area contributed by atoms with Gasteiger partial charge in [-0.2, -0.15) is 0 Å². The number of carbonyl (C=O) groups is 1. The first-order valence-corrected chi connectivity index (χ1v) is 9.45. The molecule has 23 heavy (non-hydrogen) atoms. The van der Waals surface area contributed by atoms with E-state index in [1.54, 1.807) is 0 Å². The predicted octanol–water partition coefficient (Wildman–Crippen LogP) is 4.47. The molecule has 0 aromatic heterocycles. The Hall–Kier alpha value is -0.710. The van der Waals surface area contributed by atoms with E-state index in [4.69, 9.17) is 0 Å². The third kappa shape index (κ3) is 6.02. The molecule has 0 radical (unpaired) electrons. The molecule has 0 spiro atoms. The lowest BCUT2D eigenvalue weighted by atomic mass is 10.0. The molecule has 1 aromatic rings. The number of nitrogens with one attached hydrogen (secondary N) is 2. The number of halogens is 1. The van der Waals surface area contributed by atoms with Crippen LogP contribution in [0.5, 0.6) is 0 Å². The maximum Gasteiger partial charge on any atom is 0.224 e. The van der Waals surface area contributed by atoms with Gasteiger partial charge < -0.3 is 10.6 Å². The molecule has 128 valence electrons. The van der Waals surface area contributed by atoms with Crippen molar-refractivity contribution in [2.24, 2.45) is 5.92 Å². The van der Waals surface area contributed by atoms with Gasteiger partial charge in [0.05, 0.1) is 0 Å². The molecule has 1 aliphatic carbocycles. The normalized spacial score (nSPS) is 21.1. The summed E-state index contributed by atoms with van der Waals surface area (Å²) in [5.41, 5.74) is 0.922. The topological polar surface area (TPSA) is 41.1 Å². The number of carbonyl (C=O) groups excluding carboxylic acids is 1. The molecule has 3 nitrogen and oxygen atoms in total. The first-order chi connectivity index (χ1) is 10.8. The van der Waals surface area contributed by atoms with Gasteiger partial charge in [-0.15, -0.1) is 24.2 Å². The molecular weight excluding hydrogens is 328 g/mol. The number of benzene rings is 1. The predicted molar refractivity (Wildman–Crippen MR) is 101 cm³/mol. The van der Waals surface area contributed by atoms with Crippen molar-refractivity contribution in [3.8, 4) is 0 Å². The number of rotatable bonds is 6. The molecule has 2 fully saturated rings. The highest BCUT2D eigenvalue weighted by molar-refractivity contribution is 8.00. The van der Waals surface area contributed by atoms with E-state index in [9.17, 15) is 4.79 Å². The highest BCUT2D eigenvalue weighted by Crippen LogP contribution is 2.34. The average Bonchev–Trinajstić information content (AvgIpc) is 3.20. The largest absolute Gasteiger partial charge is 0.326 e. The molecule has 5 heteroatoms. The third-order valence-electron chi connectivity index (χ3n) is 4.69. The van der Waals surface area contributed by atoms with Crippen molar-refractivity contribution < 1.29 is 4.79 Å². The lowest BCUT2D eigenvalue weighted by Gasteiger charge is -2.11. The summed E-state index contributed by atoms with van der Waals surface area (Å²) in [5.74, 6) is 0.819. The van der Waals surface area contributed by atoms with E-state index in [0.29, 0.717) is 12.3 Å². The molecule has 1 aliphatic heterocycles. The smallest absolute Gasteiger partial charge is 0.224 e. The summed E-state index contributed by atoms with van der Waals surface area (Å²) in [4.78, 5) is 13.3. The Morgan fingerprint density at radius 1 is 1.17 bits per heavy atom. The molecule has 1 amide bonds. The van der Waals surface area contributed by atoms with Gasteiger partial charge in [0.1, 0.15) is 0 Å². The summed E-state index contributed by atoms with van der Waals surface area (Å²) < 4.78 is 0. The van der Waals surface area contributed by atoms with Crippen LogP contribution in [0.25, 0.3) is 0 Å². The Morgan fingerprint density at radius 2 is 1.91 bits per heavy atom. The molecule has 1 aromatic carbocycles. The van der Waals surface area contributed by atoms with Crippen molar-refractivity contribution in [1.82, 2.24) is 5.32 Å². The third-order valence-corrected chi connectivity index (χ3v) is 6.03. The van der Waals surface area contributed by atoms with Crippen LogP contribution in [0.2, 0.25) is 0 Å². The van der Waals surface area contributed by atoms with Crippen LogP contribution in [0.4, 0.5) is 5.69 Å². The van der Waals surface area contributed by atoms with Gasteiger partial charge in [0, 0.05) is 22.3 Å². The van der Waals surface area contributed by atoms with Gasteiger partial charge in [-0.25, -0.2) is 0 Å². The van der Waals surface area contributed by atoms with Crippen LogP contribution in [0, 0.1) is 5.92 Å². The van der Waals surface area contributed by atoms with Crippen LogP contribution in [-0.2, 0) is 4.79 Å². The maximum absolute atomic E-state index is 12.0. The summed E-state index contributed by atoms with van der Waals surface area (Å²) in [6.07, 6.45) is 8.28. The summed E-state index contributed by atoms with van der Waals surface area (Å²) in [5, 5.41) is 7.16. The van der Waals surface area contributed by atoms with E-state index in [1.807, 2.05) is 23.9 Å². The zero-order valence-electron chi connectivity index (χ0n) is 13.6. The van der Waals surface area contributed by atoms with Gasteiger partial charge in [0.15, 0.2) is 0 Å². The van der Waals surface area contributed by atoms with Crippen molar-refractivity contribution in [2.75, 3.05) is 18.4 Å². The van der Waals surface area contributed by atoms with E-state index in [1.165, 1.54) is 37.0 Å². The average molecular weight is 355 g/mol. The van der Waals surface area contributed by atoms with Crippen molar-refractivity contribution in [3.63, 3.8) is 0 Å². The minimum Gasteiger partial charge on any atom is -0.326 e. The monoisotopic (exact) mass is 354 g/mol. The Bertz CT molecular complexity index is 482. The zero-order valence-corrected chi connectivity index (χ0v) is 15.2. The van der Waals surface area contributed by atoms with Crippen LogP contribution in [0.3, 0.4) is 0 Å². The molecule has 1 saturated carbocycles. The van der Waals surface area contributed by atoms with Crippen LogP contribution < -0.4 is 10.6 Å². The molecule has 1 saturated heterocycles. The molecular formula is C18H27ClN2OS. The van der Waals surface area contributed by atoms with Crippen LogP contribution in [0.1, 0.15) is 44.9 Å². The van der Waals surface area contributed by atoms with Crippen LogP contribution in [-0.4, -0.2) is 24.2 Å². The zero-order chi connectivity index (χ0) is 15.2. The molecule has 2 aliphatic rings. The molecule has 0 bridgehead atoms. The van der Waals surface area contributed by atoms with Crippen LogP contribution in [0.15, 0.2) is 29.2 Å². The minimum atomic E-state index is 0. The van der Waals surface area contributed by atoms with Gasteiger partial charge in [-0.3, -0.25) is 4.79 Å². The fraction of sp³-hybridized carbons (Fsp3) is 0.611. The number of thioether (sulfide) groups is 1. The second-order valence-electron chi connectivity index (χ2n) is 6.49. The first-order valence-electron chi connectivity index (χ1n) is 8.57. The lowest BCUT2D eigenvalue weighted by Crippen LogP contribution is -2.14. The fourth-order valence-corrected chi connectivity index (χ4v) is 4.58.